The second kappa shape index (κ2) is 6.72. The Balaban J connectivity index is 1.87. The lowest BCUT2D eigenvalue weighted by Gasteiger charge is -2.32. The molecule has 1 aliphatic rings. The Kier molecular flexibility index (Phi) is 4.68. The van der Waals surface area contributed by atoms with Crippen LogP contribution in [0, 0.1) is 6.92 Å². The number of likely N-dealkylation sites (N-methyl/N-ethyl adjacent to an activating group) is 1. The maximum absolute atomic E-state index is 12.8. The van der Waals surface area contributed by atoms with Gasteiger partial charge >= 0.3 is 0 Å². The molecular weight excluding hydrogens is 312 g/mol. The molecule has 0 aliphatic carbocycles. The number of halogens is 1. The molecule has 5 nitrogen and oxygen atoms in total. The van der Waals surface area contributed by atoms with Crippen molar-refractivity contribution in [3.05, 3.63) is 46.7 Å². The van der Waals surface area contributed by atoms with Gasteiger partial charge < -0.3 is 10.2 Å². The van der Waals surface area contributed by atoms with E-state index in [9.17, 15) is 4.79 Å². The number of nitrogens with zero attached hydrogens (tertiary/aromatic N) is 3. The monoisotopic (exact) mass is 332 g/mol. The summed E-state index contributed by atoms with van der Waals surface area (Å²) in [7, 11) is 1.94. The predicted molar refractivity (Wildman–Crippen MR) is 91.3 cm³/mol. The minimum Gasteiger partial charge on any atom is -0.337 e. The Morgan fingerprint density at radius 3 is 2.91 bits per heavy atom. The van der Waals surface area contributed by atoms with Crippen LogP contribution < -0.4 is 5.32 Å². The molecule has 1 fully saturated rings. The van der Waals surface area contributed by atoms with Gasteiger partial charge in [0.1, 0.15) is 0 Å². The molecule has 1 N–H and O–H groups in total. The third-order valence-corrected chi connectivity index (χ3v) is 4.76. The van der Waals surface area contributed by atoms with Crippen LogP contribution in [0.1, 0.15) is 28.9 Å². The molecule has 1 aromatic carbocycles. The Bertz CT molecular complexity index is 712. The topological polar surface area (TPSA) is 50.2 Å². The SMILES string of the molecule is CNC1CCCN(C(=O)c2cnn(-c3ccccc3Cl)c2C)C1. The molecule has 1 aliphatic heterocycles. The minimum atomic E-state index is 0.0424. The van der Waals surface area contributed by atoms with Crippen molar-refractivity contribution < 1.29 is 4.79 Å². The van der Waals surface area contributed by atoms with Crippen molar-refractivity contribution in [2.75, 3.05) is 20.1 Å². The molecule has 122 valence electrons. The van der Waals surface area contributed by atoms with Crippen LogP contribution in [0.3, 0.4) is 0 Å². The average Bonchev–Trinajstić information content (AvgIpc) is 2.96. The number of amides is 1. The van der Waals surface area contributed by atoms with E-state index in [1.807, 2.05) is 43.1 Å². The van der Waals surface area contributed by atoms with Crippen molar-refractivity contribution in [1.29, 1.82) is 0 Å². The summed E-state index contributed by atoms with van der Waals surface area (Å²) in [5.41, 5.74) is 2.24. The molecule has 1 unspecified atom stereocenters. The summed E-state index contributed by atoms with van der Waals surface area (Å²) in [5, 5.41) is 8.25. The Morgan fingerprint density at radius 2 is 2.17 bits per heavy atom. The standard InChI is InChI=1S/C17H21ClN4O/c1-12-14(17(23)21-9-5-6-13(11-21)19-2)10-20-22(12)16-8-4-3-7-15(16)18/h3-4,7-8,10,13,19H,5-6,9,11H2,1-2H3. The zero-order valence-corrected chi connectivity index (χ0v) is 14.2. The van der Waals surface area contributed by atoms with E-state index in [-0.39, 0.29) is 5.91 Å². The van der Waals surface area contributed by atoms with E-state index >= 15 is 0 Å². The molecular formula is C17H21ClN4O. The van der Waals surface area contributed by atoms with E-state index in [1.165, 1.54) is 0 Å². The highest BCUT2D eigenvalue weighted by molar-refractivity contribution is 6.32. The number of hydrogen-bond acceptors (Lipinski definition) is 3. The van der Waals surface area contributed by atoms with E-state index in [2.05, 4.69) is 10.4 Å². The molecule has 2 heterocycles. The first kappa shape index (κ1) is 16.0. The summed E-state index contributed by atoms with van der Waals surface area (Å²) in [6.45, 7) is 3.45. The smallest absolute Gasteiger partial charge is 0.257 e. The van der Waals surface area contributed by atoms with Gasteiger partial charge in [0, 0.05) is 19.1 Å². The Morgan fingerprint density at radius 1 is 1.39 bits per heavy atom. The number of para-hydroxylation sites is 1. The van der Waals surface area contributed by atoms with Crippen molar-refractivity contribution in [2.24, 2.45) is 0 Å². The van der Waals surface area contributed by atoms with Gasteiger partial charge in [-0.2, -0.15) is 5.10 Å². The molecule has 3 rings (SSSR count). The maximum atomic E-state index is 12.8. The minimum absolute atomic E-state index is 0.0424. The fourth-order valence-electron chi connectivity index (χ4n) is 3.05. The quantitative estimate of drug-likeness (QED) is 0.940. The highest BCUT2D eigenvalue weighted by atomic mass is 35.5. The third-order valence-electron chi connectivity index (χ3n) is 4.44. The largest absolute Gasteiger partial charge is 0.337 e. The van der Waals surface area contributed by atoms with Gasteiger partial charge in [-0.25, -0.2) is 4.68 Å². The number of nitrogens with one attached hydrogen (secondary N) is 1. The summed E-state index contributed by atoms with van der Waals surface area (Å²) < 4.78 is 1.73. The van der Waals surface area contributed by atoms with Crippen molar-refractivity contribution in [3.8, 4) is 5.69 Å². The van der Waals surface area contributed by atoms with E-state index in [0.29, 0.717) is 16.6 Å². The molecule has 1 amide bonds. The number of aromatic nitrogens is 2. The Labute approximate surface area is 141 Å². The average molecular weight is 333 g/mol. The van der Waals surface area contributed by atoms with Crippen molar-refractivity contribution in [3.63, 3.8) is 0 Å². The van der Waals surface area contributed by atoms with Gasteiger partial charge in [-0.05, 0) is 38.9 Å². The van der Waals surface area contributed by atoms with Crippen LogP contribution in [-0.4, -0.2) is 46.8 Å². The molecule has 1 saturated heterocycles. The highest BCUT2D eigenvalue weighted by Crippen LogP contribution is 2.23. The third kappa shape index (κ3) is 3.12. The van der Waals surface area contributed by atoms with Gasteiger partial charge in [0.2, 0.25) is 0 Å². The second-order valence-corrected chi connectivity index (χ2v) is 6.29. The zero-order valence-electron chi connectivity index (χ0n) is 13.4. The van der Waals surface area contributed by atoms with Crippen LogP contribution >= 0.6 is 11.6 Å². The number of benzene rings is 1. The molecule has 0 spiro atoms. The van der Waals surface area contributed by atoms with Crippen LogP contribution in [0.4, 0.5) is 0 Å². The fourth-order valence-corrected chi connectivity index (χ4v) is 3.27. The van der Waals surface area contributed by atoms with Crippen LogP contribution in [0.15, 0.2) is 30.5 Å². The van der Waals surface area contributed by atoms with Crippen LogP contribution in [0.5, 0.6) is 0 Å². The lowest BCUT2D eigenvalue weighted by atomic mass is 10.0. The summed E-state index contributed by atoms with van der Waals surface area (Å²) in [6.07, 6.45) is 3.77. The van der Waals surface area contributed by atoms with Crippen LogP contribution in [0.25, 0.3) is 5.69 Å². The van der Waals surface area contributed by atoms with Crippen LogP contribution in [-0.2, 0) is 0 Å². The summed E-state index contributed by atoms with van der Waals surface area (Å²) in [5.74, 6) is 0.0424. The summed E-state index contributed by atoms with van der Waals surface area (Å²) in [6, 6.07) is 7.87. The van der Waals surface area contributed by atoms with Gasteiger partial charge in [-0.3, -0.25) is 4.79 Å². The Hall–Kier alpha value is -1.85. The van der Waals surface area contributed by atoms with Crippen molar-refractivity contribution in [2.45, 2.75) is 25.8 Å². The van der Waals surface area contributed by atoms with Gasteiger partial charge in [0.15, 0.2) is 0 Å². The number of piperidine rings is 1. The molecule has 0 radical (unpaired) electrons. The first-order valence-electron chi connectivity index (χ1n) is 7.88. The molecule has 6 heteroatoms. The summed E-state index contributed by atoms with van der Waals surface area (Å²) >= 11 is 6.24. The van der Waals surface area contributed by atoms with Crippen molar-refractivity contribution in [1.82, 2.24) is 20.0 Å². The number of carbonyl (C=O) groups is 1. The first-order valence-corrected chi connectivity index (χ1v) is 8.25. The van der Waals surface area contributed by atoms with Gasteiger partial charge in [-0.15, -0.1) is 0 Å². The number of carbonyl (C=O) groups excluding carboxylic acids is 1. The number of hydrogen-bond donors (Lipinski definition) is 1. The van der Waals surface area contributed by atoms with E-state index in [4.69, 9.17) is 11.6 Å². The van der Waals surface area contributed by atoms with E-state index in [1.54, 1.807) is 10.9 Å². The number of rotatable bonds is 3. The lowest BCUT2D eigenvalue weighted by Crippen LogP contribution is -2.47. The number of likely N-dealkylation sites (tertiary alicyclic amines) is 1. The van der Waals surface area contributed by atoms with Gasteiger partial charge in [0.25, 0.3) is 5.91 Å². The fraction of sp³-hybridized carbons (Fsp3) is 0.412. The van der Waals surface area contributed by atoms with Gasteiger partial charge in [0.05, 0.1) is 28.2 Å². The van der Waals surface area contributed by atoms with E-state index < -0.39 is 0 Å². The zero-order chi connectivity index (χ0) is 16.4. The lowest BCUT2D eigenvalue weighted by molar-refractivity contribution is 0.0697. The predicted octanol–water partition coefficient (Wildman–Crippen LogP) is 2.66. The first-order chi connectivity index (χ1) is 11.1. The molecule has 1 atom stereocenters. The molecule has 23 heavy (non-hydrogen) atoms. The molecule has 0 bridgehead atoms. The highest BCUT2D eigenvalue weighted by Gasteiger charge is 2.26. The normalized spacial score (nSPS) is 18.2. The van der Waals surface area contributed by atoms with E-state index in [0.717, 1.165) is 37.3 Å². The van der Waals surface area contributed by atoms with Gasteiger partial charge in [-0.1, -0.05) is 23.7 Å². The van der Waals surface area contributed by atoms with Crippen LogP contribution in [0.2, 0.25) is 5.02 Å². The second-order valence-electron chi connectivity index (χ2n) is 5.89. The van der Waals surface area contributed by atoms with Crippen molar-refractivity contribution >= 4 is 17.5 Å². The molecule has 1 aromatic heterocycles. The summed E-state index contributed by atoms with van der Waals surface area (Å²) in [4.78, 5) is 14.7. The maximum Gasteiger partial charge on any atom is 0.257 e. The molecule has 0 saturated carbocycles. The molecule has 2 aromatic rings.